The molecule has 0 N–H and O–H groups in total. The van der Waals surface area contributed by atoms with Crippen LogP contribution in [-0.4, -0.2) is 38.8 Å². The number of ether oxygens (including phenoxy) is 1. The van der Waals surface area contributed by atoms with Crippen molar-refractivity contribution >= 4 is 34.3 Å². The molecular weight excluding hydrogens is 435 g/mol. The average Bonchev–Trinajstić information content (AvgIpc) is 3.07. The van der Waals surface area contributed by atoms with Crippen molar-refractivity contribution < 1.29 is 9.13 Å². The normalized spacial score (nSPS) is 14.3. The van der Waals surface area contributed by atoms with Crippen molar-refractivity contribution in [1.82, 2.24) is 19.4 Å². The van der Waals surface area contributed by atoms with Gasteiger partial charge in [-0.15, -0.1) is 0 Å². The molecule has 0 unspecified atom stereocenters. The molecule has 0 radical (unpaired) electrons. The highest BCUT2D eigenvalue weighted by molar-refractivity contribution is 7.98. The van der Waals surface area contributed by atoms with Crippen LogP contribution in [0.4, 0.5) is 4.39 Å². The van der Waals surface area contributed by atoms with Gasteiger partial charge in [-0.1, -0.05) is 23.4 Å². The van der Waals surface area contributed by atoms with Crippen LogP contribution in [0.3, 0.4) is 0 Å². The molecule has 3 heterocycles. The molecule has 31 heavy (non-hydrogen) atoms. The fourth-order valence-corrected chi connectivity index (χ4v) is 4.52. The zero-order chi connectivity index (χ0) is 21.4. The Morgan fingerprint density at radius 2 is 2.00 bits per heavy atom. The van der Waals surface area contributed by atoms with E-state index in [0.29, 0.717) is 18.2 Å². The predicted molar refractivity (Wildman–Crippen MR) is 122 cm³/mol. The first-order chi connectivity index (χ1) is 15.1. The van der Waals surface area contributed by atoms with Crippen LogP contribution >= 0.6 is 23.4 Å². The predicted octanol–water partition coefficient (Wildman–Crippen LogP) is 5.33. The lowest BCUT2D eigenvalue weighted by molar-refractivity contribution is 0.219. The van der Waals surface area contributed by atoms with Gasteiger partial charge in [0.15, 0.2) is 5.16 Å². The maximum atomic E-state index is 13.6. The van der Waals surface area contributed by atoms with E-state index in [-0.39, 0.29) is 5.82 Å². The number of fused-ring (bicyclic) bond motifs is 2. The van der Waals surface area contributed by atoms with Crippen LogP contribution in [0.1, 0.15) is 11.1 Å². The molecule has 1 aliphatic heterocycles. The van der Waals surface area contributed by atoms with Crippen molar-refractivity contribution in [1.29, 1.82) is 0 Å². The molecule has 0 spiro atoms. The third-order valence-electron chi connectivity index (χ3n) is 5.35. The summed E-state index contributed by atoms with van der Waals surface area (Å²) in [6.45, 7) is 2.75. The largest absolute Gasteiger partial charge is 0.490 e. The Bertz CT molecular complexity index is 1240. The van der Waals surface area contributed by atoms with E-state index in [4.69, 9.17) is 16.3 Å². The van der Waals surface area contributed by atoms with Crippen LogP contribution in [0, 0.1) is 5.82 Å². The van der Waals surface area contributed by atoms with Crippen molar-refractivity contribution in [3.05, 3.63) is 77.0 Å². The van der Waals surface area contributed by atoms with E-state index in [1.807, 2.05) is 41.5 Å². The van der Waals surface area contributed by atoms with Gasteiger partial charge >= 0.3 is 0 Å². The quantitative estimate of drug-likeness (QED) is 0.308. The molecule has 0 atom stereocenters. The maximum Gasteiger partial charge on any atom is 0.187 e. The molecule has 0 fully saturated rings. The molecule has 0 saturated heterocycles. The molecule has 5 nitrogen and oxygen atoms in total. The molecule has 0 bridgehead atoms. The Balaban J connectivity index is 1.46. The zero-order valence-electron chi connectivity index (χ0n) is 16.9. The summed E-state index contributed by atoms with van der Waals surface area (Å²) < 4.78 is 21.6. The fraction of sp³-hybridized carbons (Fsp3) is 0.217. The standard InChI is InChI=1S/C23H20ClFN4OS/c1-31-23-26-11-15(12-27-23)13-28-6-7-30-22-17(14-28)9-19(10-20(22)24)29-5-4-16-8-18(25)2-3-21(16)29/h2-5,8-12H,6-7,13-14H2,1H3. The number of benzene rings is 2. The highest BCUT2D eigenvalue weighted by Crippen LogP contribution is 2.35. The van der Waals surface area contributed by atoms with Gasteiger partial charge in [-0.05, 0) is 42.7 Å². The smallest absolute Gasteiger partial charge is 0.187 e. The van der Waals surface area contributed by atoms with Crippen LogP contribution in [0.25, 0.3) is 16.6 Å². The lowest BCUT2D eigenvalue weighted by atomic mass is 10.1. The molecule has 2 aromatic heterocycles. The minimum Gasteiger partial charge on any atom is -0.490 e. The Kier molecular flexibility index (Phi) is 5.56. The van der Waals surface area contributed by atoms with Crippen LogP contribution in [0.5, 0.6) is 5.75 Å². The minimum absolute atomic E-state index is 0.246. The molecule has 0 amide bonds. The van der Waals surface area contributed by atoms with E-state index in [1.165, 1.54) is 23.9 Å². The van der Waals surface area contributed by atoms with Crippen LogP contribution in [-0.2, 0) is 13.1 Å². The SMILES string of the molecule is CSc1ncc(CN2CCOc3c(Cl)cc(-n4ccc5cc(F)ccc54)cc3C2)cn1. The fourth-order valence-electron chi connectivity index (χ4n) is 3.91. The third-order valence-corrected chi connectivity index (χ3v) is 6.21. The Morgan fingerprint density at radius 3 is 2.81 bits per heavy atom. The summed E-state index contributed by atoms with van der Waals surface area (Å²) in [6, 6.07) is 10.7. The number of aromatic nitrogens is 3. The molecule has 4 aromatic rings. The number of halogens is 2. The monoisotopic (exact) mass is 454 g/mol. The molecule has 2 aromatic carbocycles. The molecule has 0 saturated carbocycles. The Hall–Kier alpha value is -2.61. The van der Waals surface area contributed by atoms with Crippen LogP contribution < -0.4 is 4.74 Å². The van der Waals surface area contributed by atoms with Crippen LogP contribution in [0.2, 0.25) is 5.02 Å². The van der Waals surface area contributed by atoms with Crippen molar-refractivity contribution in [2.24, 2.45) is 0 Å². The van der Waals surface area contributed by atoms with Gasteiger partial charge in [0.1, 0.15) is 18.2 Å². The van der Waals surface area contributed by atoms with Crippen molar-refractivity contribution in [3.63, 3.8) is 0 Å². The van der Waals surface area contributed by atoms with E-state index in [1.54, 1.807) is 6.07 Å². The first-order valence-corrected chi connectivity index (χ1v) is 11.5. The Morgan fingerprint density at radius 1 is 1.16 bits per heavy atom. The number of nitrogens with zero attached hydrogens (tertiary/aromatic N) is 4. The summed E-state index contributed by atoms with van der Waals surface area (Å²) in [4.78, 5) is 11.0. The van der Waals surface area contributed by atoms with Crippen molar-refractivity contribution in [2.45, 2.75) is 18.2 Å². The number of hydrogen-bond donors (Lipinski definition) is 0. The average molecular weight is 455 g/mol. The van der Waals surface area contributed by atoms with E-state index in [0.717, 1.165) is 51.7 Å². The summed E-state index contributed by atoms with van der Waals surface area (Å²) in [7, 11) is 0. The van der Waals surface area contributed by atoms with Gasteiger partial charge < -0.3 is 9.30 Å². The lowest BCUT2D eigenvalue weighted by Gasteiger charge is -2.19. The van der Waals surface area contributed by atoms with Crippen molar-refractivity contribution in [2.75, 3.05) is 19.4 Å². The molecular formula is C23H20ClFN4OS. The van der Waals surface area contributed by atoms with Crippen molar-refractivity contribution in [3.8, 4) is 11.4 Å². The molecule has 158 valence electrons. The first kappa shape index (κ1) is 20.3. The second-order valence-electron chi connectivity index (χ2n) is 7.44. The van der Waals surface area contributed by atoms with E-state index < -0.39 is 0 Å². The zero-order valence-corrected chi connectivity index (χ0v) is 18.5. The highest BCUT2D eigenvalue weighted by Gasteiger charge is 2.20. The van der Waals surface area contributed by atoms with Gasteiger partial charge in [0, 0.05) is 60.4 Å². The molecule has 1 aliphatic rings. The summed E-state index contributed by atoms with van der Waals surface area (Å²) in [5, 5.41) is 2.19. The summed E-state index contributed by atoms with van der Waals surface area (Å²) >= 11 is 8.14. The highest BCUT2D eigenvalue weighted by atomic mass is 35.5. The molecule has 5 rings (SSSR count). The van der Waals surface area contributed by atoms with E-state index in [2.05, 4.69) is 20.9 Å². The van der Waals surface area contributed by atoms with Gasteiger partial charge in [0.2, 0.25) is 0 Å². The summed E-state index contributed by atoms with van der Waals surface area (Å²) in [6.07, 6.45) is 7.64. The maximum absolute atomic E-state index is 13.6. The Labute approximate surface area is 188 Å². The summed E-state index contributed by atoms with van der Waals surface area (Å²) in [5.74, 6) is 0.480. The van der Waals surface area contributed by atoms with E-state index in [9.17, 15) is 4.39 Å². The second-order valence-corrected chi connectivity index (χ2v) is 8.62. The van der Waals surface area contributed by atoms with Gasteiger partial charge in [0.05, 0.1) is 10.5 Å². The first-order valence-electron chi connectivity index (χ1n) is 9.90. The van der Waals surface area contributed by atoms with Gasteiger partial charge in [-0.25, -0.2) is 14.4 Å². The topological polar surface area (TPSA) is 43.2 Å². The second kappa shape index (κ2) is 8.49. The van der Waals surface area contributed by atoms with Gasteiger partial charge in [0.25, 0.3) is 0 Å². The van der Waals surface area contributed by atoms with E-state index >= 15 is 0 Å². The molecule has 0 aliphatic carbocycles. The number of rotatable bonds is 4. The summed E-state index contributed by atoms with van der Waals surface area (Å²) in [5.41, 5.74) is 3.92. The van der Waals surface area contributed by atoms with Gasteiger partial charge in [-0.2, -0.15) is 0 Å². The number of hydrogen-bond acceptors (Lipinski definition) is 5. The molecule has 8 heteroatoms. The minimum atomic E-state index is -0.246. The van der Waals surface area contributed by atoms with Gasteiger partial charge in [-0.3, -0.25) is 4.90 Å². The third kappa shape index (κ3) is 4.13. The van der Waals surface area contributed by atoms with Crippen LogP contribution in [0.15, 0.2) is 60.1 Å². The lowest BCUT2D eigenvalue weighted by Crippen LogP contribution is -2.25. The number of thioether (sulfide) groups is 1.